The lowest BCUT2D eigenvalue weighted by Gasteiger charge is -2.38. The van der Waals surface area contributed by atoms with Gasteiger partial charge in [-0.15, -0.1) is 10.2 Å². The van der Waals surface area contributed by atoms with Crippen LogP contribution in [0.1, 0.15) is 30.8 Å². The lowest BCUT2D eigenvalue weighted by atomic mass is 10.1. The fourth-order valence-electron chi connectivity index (χ4n) is 3.47. The summed E-state index contributed by atoms with van der Waals surface area (Å²) in [5.74, 6) is 1.87. The molecule has 7 heteroatoms. The van der Waals surface area contributed by atoms with E-state index in [0.29, 0.717) is 6.54 Å². The SMILES string of the molecule is CCNC(=NCc1nncn1CC)N1CCN(c2cccc(C)c2C)CC1. The summed E-state index contributed by atoms with van der Waals surface area (Å²) in [4.78, 5) is 9.63. The van der Waals surface area contributed by atoms with Crippen LogP contribution in [-0.2, 0) is 13.1 Å². The van der Waals surface area contributed by atoms with Crippen LogP contribution >= 0.6 is 0 Å². The number of nitrogens with zero attached hydrogens (tertiary/aromatic N) is 6. The summed E-state index contributed by atoms with van der Waals surface area (Å²) < 4.78 is 2.03. The fourth-order valence-corrected chi connectivity index (χ4v) is 3.47. The topological polar surface area (TPSA) is 61.6 Å². The molecule has 1 N–H and O–H groups in total. The van der Waals surface area contributed by atoms with Crippen LogP contribution in [0.15, 0.2) is 29.5 Å². The Labute approximate surface area is 162 Å². The molecule has 146 valence electrons. The Kier molecular flexibility index (Phi) is 6.32. The molecule has 1 saturated heterocycles. The van der Waals surface area contributed by atoms with Crippen molar-refractivity contribution in [1.29, 1.82) is 0 Å². The van der Waals surface area contributed by atoms with Gasteiger partial charge in [0.1, 0.15) is 12.9 Å². The van der Waals surface area contributed by atoms with E-state index in [1.54, 1.807) is 6.33 Å². The van der Waals surface area contributed by atoms with E-state index in [2.05, 4.69) is 71.2 Å². The standard InChI is InChI=1S/C20H31N7/c1-5-21-20(22-14-19-24-23-15-25(19)6-2)27-12-10-26(11-13-27)18-9-7-8-16(3)17(18)4/h7-9,15H,5-6,10-14H2,1-4H3,(H,21,22). The number of piperazine rings is 1. The number of aryl methyl sites for hydroxylation is 2. The minimum absolute atomic E-state index is 0.549. The largest absolute Gasteiger partial charge is 0.368 e. The molecule has 0 spiro atoms. The van der Waals surface area contributed by atoms with Crippen molar-refractivity contribution >= 4 is 11.6 Å². The third kappa shape index (κ3) is 4.40. The zero-order valence-electron chi connectivity index (χ0n) is 16.9. The number of anilines is 1. The molecule has 0 amide bonds. The quantitative estimate of drug-likeness (QED) is 0.647. The molecule has 1 aliphatic heterocycles. The number of hydrogen-bond acceptors (Lipinski definition) is 4. The Morgan fingerprint density at radius 1 is 1.15 bits per heavy atom. The van der Waals surface area contributed by atoms with E-state index in [0.717, 1.165) is 51.1 Å². The summed E-state index contributed by atoms with van der Waals surface area (Å²) in [6.45, 7) is 14.8. The highest BCUT2D eigenvalue weighted by molar-refractivity contribution is 5.80. The first-order valence-corrected chi connectivity index (χ1v) is 9.85. The molecule has 0 aliphatic carbocycles. The molecule has 2 heterocycles. The van der Waals surface area contributed by atoms with E-state index in [9.17, 15) is 0 Å². The van der Waals surface area contributed by atoms with Gasteiger partial charge in [-0.25, -0.2) is 4.99 Å². The Bertz CT molecular complexity index is 772. The number of aliphatic imine (C=N–C) groups is 1. The molecule has 1 aliphatic rings. The minimum atomic E-state index is 0.549. The monoisotopic (exact) mass is 369 g/mol. The highest BCUT2D eigenvalue weighted by atomic mass is 15.4. The second-order valence-electron chi connectivity index (χ2n) is 6.90. The summed E-state index contributed by atoms with van der Waals surface area (Å²) in [6.07, 6.45) is 1.76. The number of rotatable bonds is 5. The van der Waals surface area contributed by atoms with Gasteiger partial charge < -0.3 is 19.7 Å². The van der Waals surface area contributed by atoms with E-state index in [1.165, 1.54) is 16.8 Å². The number of guanidine groups is 1. The molecule has 0 radical (unpaired) electrons. The summed E-state index contributed by atoms with van der Waals surface area (Å²) in [6, 6.07) is 6.56. The summed E-state index contributed by atoms with van der Waals surface area (Å²) in [5, 5.41) is 11.6. The average molecular weight is 370 g/mol. The fraction of sp³-hybridized carbons (Fsp3) is 0.550. The van der Waals surface area contributed by atoms with Gasteiger partial charge in [0.15, 0.2) is 11.8 Å². The van der Waals surface area contributed by atoms with E-state index in [-0.39, 0.29) is 0 Å². The van der Waals surface area contributed by atoms with Crippen molar-refractivity contribution in [3.05, 3.63) is 41.5 Å². The maximum atomic E-state index is 4.81. The van der Waals surface area contributed by atoms with Crippen molar-refractivity contribution in [3.8, 4) is 0 Å². The van der Waals surface area contributed by atoms with Gasteiger partial charge in [0.05, 0.1) is 0 Å². The van der Waals surface area contributed by atoms with Gasteiger partial charge in [0, 0.05) is 45.0 Å². The van der Waals surface area contributed by atoms with Crippen molar-refractivity contribution in [2.24, 2.45) is 4.99 Å². The highest BCUT2D eigenvalue weighted by Crippen LogP contribution is 2.23. The third-order valence-electron chi connectivity index (χ3n) is 5.24. The van der Waals surface area contributed by atoms with E-state index in [4.69, 9.17) is 4.99 Å². The van der Waals surface area contributed by atoms with Crippen LogP contribution in [0, 0.1) is 13.8 Å². The molecular formula is C20H31N7. The number of aromatic nitrogens is 3. The normalized spacial score (nSPS) is 15.3. The maximum absolute atomic E-state index is 4.81. The molecule has 0 unspecified atom stereocenters. The Morgan fingerprint density at radius 2 is 1.93 bits per heavy atom. The van der Waals surface area contributed by atoms with Crippen LogP contribution < -0.4 is 10.2 Å². The van der Waals surface area contributed by atoms with Gasteiger partial charge >= 0.3 is 0 Å². The molecule has 0 atom stereocenters. The van der Waals surface area contributed by atoms with E-state index in [1.807, 2.05) is 4.57 Å². The molecule has 1 fully saturated rings. The van der Waals surface area contributed by atoms with Crippen molar-refractivity contribution in [2.45, 2.75) is 40.8 Å². The van der Waals surface area contributed by atoms with E-state index >= 15 is 0 Å². The highest BCUT2D eigenvalue weighted by Gasteiger charge is 2.21. The minimum Gasteiger partial charge on any atom is -0.368 e. The average Bonchev–Trinajstić information content (AvgIpc) is 3.15. The summed E-state index contributed by atoms with van der Waals surface area (Å²) >= 11 is 0. The molecule has 1 aromatic heterocycles. The Balaban J connectivity index is 1.66. The van der Waals surface area contributed by atoms with Crippen LogP contribution in [0.5, 0.6) is 0 Å². The molecule has 2 aromatic rings. The van der Waals surface area contributed by atoms with Gasteiger partial charge in [-0.05, 0) is 44.9 Å². The second-order valence-corrected chi connectivity index (χ2v) is 6.90. The van der Waals surface area contributed by atoms with Crippen LogP contribution in [0.3, 0.4) is 0 Å². The number of hydrogen-bond donors (Lipinski definition) is 1. The van der Waals surface area contributed by atoms with Gasteiger partial charge in [0.25, 0.3) is 0 Å². The lowest BCUT2D eigenvalue weighted by Crippen LogP contribution is -2.52. The van der Waals surface area contributed by atoms with Crippen LogP contribution in [-0.4, -0.2) is 58.3 Å². The van der Waals surface area contributed by atoms with Gasteiger partial charge in [-0.3, -0.25) is 0 Å². The number of benzene rings is 1. The molecule has 1 aromatic carbocycles. The molecule has 27 heavy (non-hydrogen) atoms. The smallest absolute Gasteiger partial charge is 0.194 e. The first kappa shape index (κ1) is 19.2. The van der Waals surface area contributed by atoms with Gasteiger partial charge in [-0.1, -0.05) is 12.1 Å². The third-order valence-corrected chi connectivity index (χ3v) is 5.24. The predicted molar refractivity (Wildman–Crippen MR) is 110 cm³/mol. The van der Waals surface area contributed by atoms with Crippen molar-refractivity contribution < 1.29 is 0 Å². The van der Waals surface area contributed by atoms with Crippen molar-refractivity contribution in [3.63, 3.8) is 0 Å². The molecule has 3 rings (SSSR count). The Morgan fingerprint density at radius 3 is 2.63 bits per heavy atom. The second kappa shape index (κ2) is 8.88. The zero-order valence-corrected chi connectivity index (χ0v) is 16.9. The zero-order chi connectivity index (χ0) is 19.2. The van der Waals surface area contributed by atoms with Crippen LogP contribution in [0.25, 0.3) is 0 Å². The number of nitrogens with one attached hydrogen (secondary N) is 1. The van der Waals surface area contributed by atoms with Crippen LogP contribution in [0.2, 0.25) is 0 Å². The summed E-state index contributed by atoms with van der Waals surface area (Å²) in [7, 11) is 0. The predicted octanol–water partition coefficient (Wildman–Crippen LogP) is 2.20. The summed E-state index contributed by atoms with van der Waals surface area (Å²) in [5.41, 5.74) is 4.09. The van der Waals surface area contributed by atoms with Crippen molar-refractivity contribution in [1.82, 2.24) is 25.0 Å². The molecule has 0 bridgehead atoms. The lowest BCUT2D eigenvalue weighted by molar-refractivity contribution is 0.372. The van der Waals surface area contributed by atoms with Gasteiger partial charge in [-0.2, -0.15) is 0 Å². The van der Waals surface area contributed by atoms with E-state index < -0.39 is 0 Å². The van der Waals surface area contributed by atoms with Crippen LogP contribution in [0.4, 0.5) is 5.69 Å². The van der Waals surface area contributed by atoms with Crippen molar-refractivity contribution in [2.75, 3.05) is 37.6 Å². The molecule has 0 saturated carbocycles. The first-order valence-electron chi connectivity index (χ1n) is 9.85. The Hall–Kier alpha value is -2.57. The van der Waals surface area contributed by atoms with Gasteiger partial charge in [0.2, 0.25) is 0 Å². The molecule has 7 nitrogen and oxygen atoms in total. The maximum Gasteiger partial charge on any atom is 0.194 e. The first-order chi connectivity index (χ1) is 13.1. The molecular weight excluding hydrogens is 338 g/mol.